The summed E-state index contributed by atoms with van der Waals surface area (Å²) in [5.74, 6) is 0. The molecule has 3 rings (SSSR count). The molecule has 0 unspecified atom stereocenters. The van der Waals surface area contributed by atoms with Gasteiger partial charge in [-0.05, 0) is 17.7 Å². The minimum atomic E-state index is -0.432. The van der Waals surface area contributed by atoms with Crippen molar-refractivity contribution >= 4 is 17.2 Å². The Bertz CT molecular complexity index is 835. The summed E-state index contributed by atoms with van der Waals surface area (Å²) in [6.07, 6.45) is 2.25. The number of nitrogens with zero attached hydrogens (tertiary/aromatic N) is 5. The standard InChI is InChI=1S/C14H10ClN5O/c15-12-5-4-10(9-17-12)8-11-2-1-3-13-19(7-6-16)14(21)18-20(11)13/h1-5,9H,7-8H2. The van der Waals surface area contributed by atoms with E-state index in [-0.39, 0.29) is 6.54 Å². The Morgan fingerprint density at radius 1 is 1.33 bits per heavy atom. The van der Waals surface area contributed by atoms with E-state index >= 15 is 0 Å². The zero-order valence-corrected chi connectivity index (χ0v) is 11.7. The topological polar surface area (TPSA) is 80.9 Å². The molecule has 0 radical (unpaired) electrons. The first-order valence-corrected chi connectivity index (χ1v) is 6.61. The molecule has 0 saturated carbocycles. The highest BCUT2D eigenvalue weighted by atomic mass is 35.5. The lowest BCUT2D eigenvalue weighted by Crippen LogP contribution is -2.35. The minimum absolute atomic E-state index is 0.0196. The number of hydrogen-bond donors (Lipinski definition) is 0. The average Bonchev–Trinajstić information content (AvgIpc) is 2.80. The van der Waals surface area contributed by atoms with Crippen LogP contribution >= 0.6 is 11.6 Å². The first-order valence-electron chi connectivity index (χ1n) is 6.24. The molecular formula is C14H10ClN5O. The van der Waals surface area contributed by atoms with Crippen molar-refractivity contribution in [2.45, 2.75) is 13.0 Å². The van der Waals surface area contributed by atoms with Gasteiger partial charge in [-0.15, -0.1) is 0 Å². The van der Waals surface area contributed by atoms with E-state index < -0.39 is 6.01 Å². The number of pyridine rings is 2. The molecule has 104 valence electrons. The first-order chi connectivity index (χ1) is 10.2. The molecule has 0 bridgehead atoms. The van der Waals surface area contributed by atoms with Crippen LogP contribution in [0.4, 0.5) is 0 Å². The third kappa shape index (κ3) is 2.51. The van der Waals surface area contributed by atoms with E-state index in [1.54, 1.807) is 22.8 Å². The van der Waals surface area contributed by atoms with Crippen LogP contribution in [-0.4, -0.2) is 14.6 Å². The quantitative estimate of drug-likeness (QED) is 0.530. The van der Waals surface area contributed by atoms with Crippen LogP contribution in [-0.2, 0) is 13.0 Å². The molecule has 0 aliphatic carbocycles. The van der Waals surface area contributed by atoms with Gasteiger partial charge in [0.05, 0.1) is 0 Å². The number of aromatic nitrogens is 4. The molecule has 0 atom stereocenters. The molecule has 0 amide bonds. The van der Waals surface area contributed by atoms with E-state index in [1.165, 1.54) is 4.57 Å². The molecule has 0 N–H and O–H groups in total. The number of nitriles is 1. The van der Waals surface area contributed by atoms with E-state index in [4.69, 9.17) is 16.9 Å². The van der Waals surface area contributed by atoms with Gasteiger partial charge in [-0.2, -0.15) is 5.26 Å². The van der Waals surface area contributed by atoms with Gasteiger partial charge < -0.3 is 5.11 Å². The highest BCUT2D eigenvalue weighted by Gasteiger charge is 2.16. The van der Waals surface area contributed by atoms with E-state index in [0.717, 1.165) is 11.3 Å². The van der Waals surface area contributed by atoms with Gasteiger partial charge in [0, 0.05) is 23.8 Å². The molecule has 3 heterocycles. The Morgan fingerprint density at radius 2 is 2.19 bits per heavy atom. The predicted octanol–water partition coefficient (Wildman–Crippen LogP) is 0.858. The second kappa shape index (κ2) is 5.38. The van der Waals surface area contributed by atoms with Crippen molar-refractivity contribution in [2.24, 2.45) is 0 Å². The Morgan fingerprint density at radius 3 is 2.90 bits per heavy atom. The maximum Gasteiger partial charge on any atom is 0.266 e. The van der Waals surface area contributed by atoms with Crippen molar-refractivity contribution < 1.29 is 9.67 Å². The summed E-state index contributed by atoms with van der Waals surface area (Å²) in [7, 11) is 0. The Hall–Kier alpha value is -2.65. The summed E-state index contributed by atoms with van der Waals surface area (Å²) in [4.78, 5) is 4.03. The van der Waals surface area contributed by atoms with Crippen LogP contribution in [0.5, 0.6) is 6.01 Å². The molecule has 3 aromatic rings. The summed E-state index contributed by atoms with van der Waals surface area (Å²) in [5, 5.41) is 25.0. The molecule has 0 saturated heterocycles. The van der Waals surface area contributed by atoms with Crippen LogP contribution < -0.4 is 9.67 Å². The highest BCUT2D eigenvalue weighted by Crippen LogP contribution is 2.13. The minimum Gasteiger partial charge on any atom is -0.818 e. The molecule has 0 fully saturated rings. The summed E-state index contributed by atoms with van der Waals surface area (Å²) >= 11 is 5.76. The maximum absolute atomic E-state index is 11.8. The second-order valence-corrected chi connectivity index (χ2v) is 4.87. The molecule has 6 nitrogen and oxygen atoms in total. The smallest absolute Gasteiger partial charge is 0.266 e. The number of hydrogen-bond acceptors (Lipinski definition) is 4. The summed E-state index contributed by atoms with van der Waals surface area (Å²) in [6.45, 7) is -0.0196. The number of fused-ring (bicyclic) bond motifs is 1. The van der Waals surface area contributed by atoms with Gasteiger partial charge in [-0.25, -0.2) is 9.55 Å². The summed E-state index contributed by atoms with van der Waals surface area (Å²) in [5.41, 5.74) is 2.40. The van der Waals surface area contributed by atoms with Crippen LogP contribution in [0.25, 0.3) is 5.65 Å². The van der Waals surface area contributed by atoms with Crippen LogP contribution in [0.1, 0.15) is 11.3 Å². The number of halogens is 1. The molecule has 0 aliphatic heterocycles. The SMILES string of the molecule is N#CC[n+]1c([O-])nn2c(Cc3ccc(Cl)nc3)cccc21. The molecular weight excluding hydrogens is 290 g/mol. The van der Waals surface area contributed by atoms with Crippen LogP contribution in [0, 0.1) is 11.3 Å². The van der Waals surface area contributed by atoms with Gasteiger partial charge >= 0.3 is 0 Å². The Balaban J connectivity index is 2.05. The average molecular weight is 300 g/mol. The van der Waals surface area contributed by atoms with Crippen molar-refractivity contribution in [3.63, 3.8) is 0 Å². The maximum atomic E-state index is 11.8. The Kier molecular flexibility index (Phi) is 3.42. The third-order valence-electron chi connectivity index (χ3n) is 3.12. The molecule has 7 heteroatoms. The van der Waals surface area contributed by atoms with E-state index in [1.807, 2.05) is 24.3 Å². The highest BCUT2D eigenvalue weighted by molar-refractivity contribution is 6.29. The van der Waals surface area contributed by atoms with E-state index in [2.05, 4.69) is 10.1 Å². The van der Waals surface area contributed by atoms with Crippen LogP contribution in [0.3, 0.4) is 0 Å². The van der Waals surface area contributed by atoms with Crippen molar-refractivity contribution in [1.29, 1.82) is 5.26 Å². The molecule has 3 aromatic heterocycles. The lowest BCUT2D eigenvalue weighted by molar-refractivity contribution is -0.704. The van der Waals surface area contributed by atoms with E-state index in [0.29, 0.717) is 17.2 Å². The van der Waals surface area contributed by atoms with Gasteiger partial charge in [0.2, 0.25) is 6.01 Å². The molecule has 0 spiro atoms. The zero-order valence-electron chi connectivity index (χ0n) is 10.9. The van der Waals surface area contributed by atoms with E-state index in [9.17, 15) is 5.11 Å². The van der Waals surface area contributed by atoms with Gasteiger partial charge in [0.1, 0.15) is 16.9 Å². The van der Waals surface area contributed by atoms with Gasteiger partial charge in [-0.1, -0.05) is 28.2 Å². The van der Waals surface area contributed by atoms with Crippen molar-refractivity contribution in [3.05, 3.63) is 52.9 Å². The largest absolute Gasteiger partial charge is 0.818 e. The number of rotatable bonds is 3. The first kappa shape index (κ1) is 13.3. The van der Waals surface area contributed by atoms with Crippen molar-refractivity contribution in [2.75, 3.05) is 0 Å². The zero-order chi connectivity index (χ0) is 14.8. The molecule has 0 aliphatic rings. The lowest BCUT2D eigenvalue weighted by atomic mass is 10.1. The summed E-state index contributed by atoms with van der Waals surface area (Å²) in [6, 6.07) is 10.6. The van der Waals surface area contributed by atoms with Crippen molar-refractivity contribution in [1.82, 2.24) is 14.6 Å². The van der Waals surface area contributed by atoms with Gasteiger partial charge in [0.15, 0.2) is 6.54 Å². The normalized spacial score (nSPS) is 10.7. The monoisotopic (exact) mass is 299 g/mol. The fraction of sp³-hybridized carbons (Fsp3) is 0.143. The Labute approximate surface area is 125 Å². The van der Waals surface area contributed by atoms with Crippen molar-refractivity contribution in [3.8, 4) is 12.1 Å². The van der Waals surface area contributed by atoms with Gasteiger partial charge in [0.25, 0.3) is 5.65 Å². The fourth-order valence-corrected chi connectivity index (χ4v) is 2.28. The second-order valence-electron chi connectivity index (χ2n) is 4.48. The predicted molar refractivity (Wildman–Crippen MR) is 72.5 cm³/mol. The summed E-state index contributed by atoms with van der Waals surface area (Å²) < 4.78 is 2.90. The fourth-order valence-electron chi connectivity index (χ4n) is 2.16. The van der Waals surface area contributed by atoms with Crippen LogP contribution in [0.2, 0.25) is 5.15 Å². The third-order valence-corrected chi connectivity index (χ3v) is 3.34. The molecule has 21 heavy (non-hydrogen) atoms. The van der Waals surface area contributed by atoms with Crippen LogP contribution in [0.15, 0.2) is 36.5 Å². The van der Waals surface area contributed by atoms with Gasteiger partial charge in [-0.3, -0.25) is 0 Å². The lowest BCUT2D eigenvalue weighted by Gasteiger charge is -2.00. The molecule has 0 aromatic carbocycles.